The molecule has 1 saturated heterocycles. The van der Waals surface area contributed by atoms with Crippen LogP contribution in [0, 0.1) is 5.92 Å². The molecule has 1 amide bonds. The molecule has 3 heterocycles. The molecular formula is C29H37N5O4S. The molecule has 1 aliphatic carbocycles. The second-order valence-electron chi connectivity index (χ2n) is 10.8. The molecule has 2 aliphatic rings. The van der Waals surface area contributed by atoms with Crippen molar-refractivity contribution >= 4 is 45.0 Å². The number of nitrogens with two attached hydrogens (primary N) is 1. The smallest absolute Gasteiger partial charge is 0.352 e. The van der Waals surface area contributed by atoms with Gasteiger partial charge in [-0.2, -0.15) is 0 Å². The Kier molecular flexibility index (Phi) is 8.74. The average molecular weight is 552 g/mol. The van der Waals surface area contributed by atoms with Gasteiger partial charge < -0.3 is 20.7 Å². The van der Waals surface area contributed by atoms with Crippen LogP contribution in [0.25, 0.3) is 10.9 Å². The van der Waals surface area contributed by atoms with E-state index in [2.05, 4.69) is 20.2 Å². The van der Waals surface area contributed by atoms with Crippen LogP contribution in [0.15, 0.2) is 23.6 Å². The molecule has 3 aromatic rings. The van der Waals surface area contributed by atoms with Crippen molar-refractivity contribution in [3.05, 3.63) is 46.1 Å². The van der Waals surface area contributed by atoms with Crippen LogP contribution in [0.1, 0.15) is 94.7 Å². The van der Waals surface area contributed by atoms with Crippen molar-refractivity contribution in [3.8, 4) is 0 Å². The number of benzene rings is 1. The highest BCUT2D eigenvalue weighted by atomic mass is 32.1. The van der Waals surface area contributed by atoms with E-state index < -0.39 is 5.97 Å². The van der Waals surface area contributed by atoms with E-state index in [9.17, 15) is 19.5 Å². The third kappa shape index (κ3) is 6.40. The first-order chi connectivity index (χ1) is 18.9. The van der Waals surface area contributed by atoms with Gasteiger partial charge >= 0.3 is 5.97 Å². The molecule has 0 unspecified atom stereocenters. The summed E-state index contributed by atoms with van der Waals surface area (Å²) >= 11 is 1.24. The number of carbonyl (C=O) groups excluding carboxylic acids is 2. The van der Waals surface area contributed by atoms with Gasteiger partial charge in [0.25, 0.3) is 5.91 Å². The van der Waals surface area contributed by atoms with Gasteiger partial charge in [0.15, 0.2) is 10.9 Å². The number of anilines is 1. The van der Waals surface area contributed by atoms with Crippen LogP contribution in [-0.2, 0) is 6.42 Å². The largest absolute Gasteiger partial charge is 0.477 e. The fourth-order valence-corrected chi connectivity index (χ4v) is 6.78. The molecule has 2 aromatic heterocycles. The molecule has 208 valence electrons. The number of ketones is 1. The first-order valence-electron chi connectivity index (χ1n) is 14.0. The number of aromatic nitrogens is 2. The SMILES string of the molecule is NCCCc1c(C(=O)O)[nH]c2ccc(C(=O)Nc3nc(C(=O)CC4CCN(C5CCCCC5)CC4)cs3)cc12. The van der Waals surface area contributed by atoms with Crippen LogP contribution in [0.5, 0.6) is 0 Å². The Balaban J connectivity index is 1.19. The predicted octanol–water partition coefficient (Wildman–Crippen LogP) is 5.08. The fourth-order valence-electron chi connectivity index (χ4n) is 6.07. The van der Waals surface area contributed by atoms with Crippen LogP contribution < -0.4 is 11.1 Å². The first kappa shape index (κ1) is 27.5. The summed E-state index contributed by atoms with van der Waals surface area (Å²) in [7, 11) is 0. The number of aryl methyl sites for hydroxylation is 1. The van der Waals surface area contributed by atoms with Crippen molar-refractivity contribution < 1.29 is 19.5 Å². The summed E-state index contributed by atoms with van der Waals surface area (Å²) in [5.74, 6) is -0.987. The van der Waals surface area contributed by atoms with Gasteiger partial charge in [0.05, 0.1) is 0 Å². The highest BCUT2D eigenvalue weighted by Crippen LogP contribution is 2.30. The lowest BCUT2D eigenvalue weighted by Crippen LogP contribution is -2.42. The van der Waals surface area contributed by atoms with Crippen molar-refractivity contribution in [1.29, 1.82) is 0 Å². The fraction of sp³-hybridized carbons (Fsp3) is 0.517. The average Bonchev–Trinajstić information content (AvgIpc) is 3.57. The molecule has 0 radical (unpaired) electrons. The number of rotatable bonds is 10. The van der Waals surface area contributed by atoms with Gasteiger partial charge in [0.2, 0.25) is 0 Å². The zero-order valence-corrected chi connectivity index (χ0v) is 23.0. The van der Waals surface area contributed by atoms with Crippen molar-refractivity contribution in [2.75, 3.05) is 25.0 Å². The van der Waals surface area contributed by atoms with Gasteiger partial charge in [-0.3, -0.25) is 14.9 Å². The third-order valence-corrected chi connectivity index (χ3v) is 9.00. The zero-order chi connectivity index (χ0) is 27.4. The van der Waals surface area contributed by atoms with Gasteiger partial charge in [-0.15, -0.1) is 11.3 Å². The number of nitrogens with zero attached hydrogens (tertiary/aromatic N) is 2. The second kappa shape index (κ2) is 12.4. The molecule has 10 heteroatoms. The standard InChI is InChI=1S/C29H37N5O4S/c30-12-4-7-21-22-16-19(8-9-23(22)31-26(21)28(37)38)27(36)33-29-32-24(17-39-29)25(35)15-18-10-13-34(14-11-18)20-5-2-1-3-6-20/h8-9,16-18,20,31H,1-7,10-15,30H2,(H,37,38)(H,32,33,36). The van der Waals surface area contributed by atoms with Crippen LogP contribution in [0.2, 0.25) is 0 Å². The lowest BCUT2D eigenvalue weighted by molar-refractivity contribution is 0.0689. The van der Waals surface area contributed by atoms with Crippen molar-refractivity contribution in [2.45, 2.75) is 70.3 Å². The Labute approximate surface area is 232 Å². The van der Waals surface area contributed by atoms with Gasteiger partial charge in [0, 0.05) is 34.3 Å². The van der Waals surface area contributed by atoms with Crippen molar-refractivity contribution in [3.63, 3.8) is 0 Å². The van der Waals surface area contributed by atoms with Crippen LogP contribution in [0.4, 0.5) is 5.13 Å². The van der Waals surface area contributed by atoms with Crippen molar-refractivity contribution in [2.24, 2.45) is 11.7 Å². The monoisotopic (exact) mass is 551 g/mol. The maximum atomic E-state index is 13.0. The Morgan fingerprint density at radius 2 is 1.90 bits per heavy atom. The minimum atomic E-state index is -1.04. The highest BCUT2D eigenvalue weighted by molar-refractivity contribution is 7.14. The summed E-state index contributed by atoms with van der Waals surface area (Å²) in [6, 6.07) is 5.78. The van der Waals surface area contributed by atoms with Crippen LogP contribution in [-0.4, -0.2) is 63.3 Å². The first-order valence-corrected chi connectivity index (χ1v) is 14.9. The third-order valence-electron chi connectivity index (χ3n) is 8.24. The Morgan fingerprint density at radius 3 is 2.62 bits per heavy atom. The summed E-state index contributed by atoms with van der Waals surface area (Å²) in [5, 5.41) is 15.2. The topological polar surface area (TPSA) is 141 Å². The Morgan fingerprint density at radius 1 is 1.13 bits per heavy atom. The number of amides is 1. The normalized spacial score (nSPS) is 17.5. The molecule has 2 fully saturated rings. The molecule has 1 saturated carbocycles. The number of H-pyrrole nitrogens is 1. The number of aromatic carboxylic acids is 1. The molecular weight excluding hydrogens is 514 g/mol. The quantitative estimate of drug-likeness (QED) is 0.257. The molecule has 0 bridgehead atoms. The van der Waals surface area contributed by atoms with E-state index in [0.29, 0.717) is 64.6 Å². The van der Waals surface area contributed by atoms with Gasteiger partial charge in [0.1, 0.15) is 11.4 Å². The molecule has 5 N–H and O–H groups in total. The number of hydrogen-bond acceptors (Lipinski definition) is 7. The van der Waals surface area contributed by atoms with Crippen LogP contribution in [0.3, 0.4) is 0 Å². The molecule has 39 heavy (non-hydrogen) atoms. The number of thiazole rings is 1. The maximum Gasteiger partial charge on any atom is 0.352 e. The van der Waals surface area contributed by atoms with E-state index in [1.165, 1.54) is 43.4 Å². The van der Waals surface area contributed by atoms with E-state index in [1.54, 1.807) is 23.6 Å². The molecule has 0 atom stereocenters. The summed E-state index contributed by atoms with van der Waals surface area (Å²) in [4.78, 5) is 47.6. The molecule has 5 rings (SSSR count). The van der Waals surface area contributed by atoms with E-state index in [-0.39, 0.29) is 17.4 Å². The predicted molar refractivity (Wildman–Crippen MR) is 153 cm³/mol. The molecule has 9 nitrogen and oxygen atoms in total. The van der Waals surface area contributed by atoms with E-state index in [0.717, 1.165) is 32.0 Å². The highest BCUT2D eigenvalue weighted by Gasteiger charge is 2.28. The summed E-state index contributed by atoms with van der Waals surface area (Å²) in [5.41, 5.74) is 7.85. The number of carboxylic acids is 1. The summed E-state index contributed by atoms with van der Waals surface area (Å²) < 4.78 is 0. The number of carbonyl (C=O) groups is 3. The van der Waals surface area contributed by atoms with E-state index >= 15 is 0 Å². The second-order valence-corrected chi connectivity index (χ2v) is 11.7. The summed E-state index contributed by atoms with van der Waals surface area (Å²) in [6.45, 7) is 2.60. The van der Waals surface area contributed by atoms with E-state index in [4.69, 9.17) is 5.73 Å². The number of hydrogen-bond donors (Lipinski definition) is 4. The number of fused-ring (bicyclic) bond motifs is 1. The Bertz CT molecular complexity index is 1330. The number of likely N-dealkylation sites (tertiary alicyclic amines) is 1. The van der Waals surface area contributed by atoms with Crippen molar-refractivity contribution in [1.82, 2.24) is 14.9 Å². The lowest BCUT2D eigenvalue weighted by Gasteiger charge is -2.39. The zero-order valence-electron chi connectivity index (χ0n) is 22.2. The van der Waals surface area contributed by atoms with Gasteiger partial charge in [-0.1, -0.05) is 19.3 Å². The van der Waals surface area contributed by atoms with Gasteiger partial charge in [-0.25, -0.2) is 9.78 Å². The number of nitrogens with one attached hydrogen (secondary N) is 2. The van der Waals surface area contributed by atoms with E-state index in [1.807, 2.05) is 0 Å². The molecule has 1 aliphatic heterocycles. The minimum Gasteiger partial charge on any atom is -0.477 e. The number of carboxylic acid groups (broad SMARTS) is 1. The molecule has 0 spiro atoms. The number of piperidine rings is 1. The molecule has 1 aromatic carbocycles. The van der Waals surface area contributed by atoms with Gasteiger partial charge in [-0.05, 0) is 87.8 Å². The lowest BCUT2D eigenvalue weighted by atomic mass is 9.88. The minimum absolute atomic E-state index is 0.0300. The number of Topliss-reactive ketones (excluding diaryl/α,β-unsaturated/α-hetero) is 1. The number of aromatic amines is 1. The van der Waals surface area contributed by atoms with Crippen LogP contribution >= 0.6 is 11.3 Å². The summed E-state index contributed by atoms with van der Waals surface area (Å²) in [6.07, 6.45) is 10.4. The Hall–Kier alpha value is -3.08. The maximum absolute atomic E-state index is 13.0.